The normalized spacial score (nSPS) is 31.2. The zero-order chi connectivity index (χ0) is 14.2. The lowest BCUT2D eigenvalue weighted by Gasteiger charge is -2.22. The molecule has 5 nitrogen and oxygen atoms in total. The van der Waals surface area contributed by atoms with Crippen molar-refractivity contribution in [3.63, 3.8) is 0 Å². The summed E-state index contributed by atoms with van der Waals surface area (Å²) in [5.41, 5.74) is 0. The van der Waals surface area contributed by atoms with Crippen LogP contribution in [-0.2, 0) is 4.79 Å². The Balaban J connectivity index is 1.37. The fourth-order valence-electron chi connectivity index (χ4n) is 3.91. The van der Waals surface area contributed by atoms with Crippen molar-refractivity contribution in [2.75, 3.05) is 18.4 Å². The van der Waals surface area contributed by atoms with E-state index >= 15 is 0 Å². The standard InChI is InChI=1S/C16H22N4O/c21-16(7-11-1-2-11)20-9-12-3-4-14(13(12)10-20)19-15-8-17-5-6-18-15/h5-6,8,11-14H,1-4,7,9-10H2,(H,18,19)/t12-,13+,14-/m1/s1. The molecule has 1 aromatic rings. The molecular weight excluding hydrogens is 264 g/mol. The number of hydrogen-bond acceptors (Lipinski definition) is 4. The van der Waals surface area contributed by atoms with Crippen LogP contribution < -0.4 is 5.32 Å². The summed E-state index contributed by atoms with van der Waals surface area (Å²) >= 11 is 0. The van der Waals surface area contributed by atoms with Crippen LogP contribution in [0.1, 0.15) is 32.1 Å². The molecule has 0 bridgehead atoms. The lowest BCUT2D eigenvalue weighted by Crippen LogP contribution is -2.33. The summed E-state index contributed by atoms with van der Waals surface area (Å²) in [6, 6.07) is 0.436. The Hall–Kier alpha value is -1.65. The van der Waals surface area contributed by atoms with Gasteiger partial charge in [0.25, 0.3) is 0 Å². The van der Waals surface area contributed by atoms with Gasteiger partial charge >= 0.3 is 0 Å². The topological polar surface area (TPSA) is 58.1 Å². The number of nitrogens with zero attached hydrogens (tertiary/aromatic N) is 3. The Bertz CT molecular complexity index is 516. The second-order valence-electron chi connectivity index (χ2n) is 6.79. The third kappa shape index (κ3) is 2.74. The number of carbonyl (C=O) groups excluding carboxylic acids is 1. The largest absolute Gasteiger partial charge is 0.366 e. The smallest absolute Gasteiger partial charge is 0.222 e. The van der Waals surface area contributed by atoms with E-state index in [1.807, 2.05) is 0 Å². The van der Waals surface area contributed by atoms with Crippen LogP contribution in [-0.4, -0.2) is 39.9 Å². The van der Waals surface area contributed by atoms with Crippen LogP contribution in [0, 0.1) is 17.8 Å². The molecular formula is C16H22N4O. The van der Waals surface area contributed by atoms with Gasteiger partial charge in [0.1, 0.15) is 5.82 Å². The minimum absolute atomic E-state index is 0.380. The van der Waals surface area contributed by atoms with Crippen molar-refractivity contribution in [1.29, 1.82) is 0 Å². The molecule has 3 aliphatic rings. The van der Waals surface area contributed by atoms with Crippen LogP contribution in [0.5, 0.6) is 0 Å². The van der Waals surface area contributed by atoms with E-state index in [0.29, 0.717) is 29.7 Å². The highest BCUT2D eigenvalue weighted by atomic mass is 16.2. The second kappa shape index (κ2) is 5.28. The Kier molecular flexibility index (Phi) is 3.28. The minimum atomic E-state index is 0.380. The molecule has 5 heteroatoms. The Morgan fingerprint density at radius 2 is 2.14 bits per heavy atom. The molecule has 1 saturated heterocycles. The number of amides is 1. The van der Waals surface area contributed by atoms with Crippen LogP contribution in [0.25, 0.3) is 0 Å². The SMILES string of the molecule is O=C(CC1CC1)N1C[C@H]2CC[C@@H](Nc3cnccn3)[C@H]2C1. The van der Waals surface area contributed by atoms with E-state index in [4.69, 9.17) is 0 Å². The van der Waals surface area contributed by atoms with E-state index in [1.165, 1.54) is 25.7 Å². The van der Waals surface area contributed by atoms with Gasteiger partial charge in [-0.15, -0.1) is 0 Å². The Labute approximate surface area is 125 Å². The predicted octanol–water partition coefficient (Wildman–Crippen LogP) is 1.93. The average molecular weight is 286 g/mol. The van der Waals surface area contributed by atoms with E-state index in [2.05, 4.69) is 20.2 Å². The van der Waals surface area contributed by atoms with E-state index < -0.39 is 0 Å². The van der Waals surface area contributed by atoms with E-state index in [9.17, 15) is 4.79 Å². The van der Waals surface area contributed by atoms with Gasteiger partial charge in [-0.1, -0.05) is 0 Å². The summed E-state index contributed by atoms with van der Waals surface area (Å²) in [7, 11) is 0. The van der Waals surface area contributed by atoms with Crippen LogP contribution in [0.15, 0.2) is 18.6 Å². The molecule has 21 heavy (non-hydrogen) atoms. The summed E-state index contributed by atoms with van der Waals surface area (Å²) < 4.78 is 0. The third-order valence-electron chi connectivity index (χ3n) is 5.27. The number of aromatic nitrogens is 2. The molecule has 0 aromatic carbocycles. The number of anilines is 1. The van der Waals surface area contributed by atoms with Gasteiger partial charge in [0, 0.05) is 43.9 Å². The van der Waals surface area contributed by atoms with Gasteiger partial charge < -0.3 is 10.2 Å². The van der Waals surface area contributed by atoms with Crippen molar-refractivity contribution in [2.45, 2.75) is 38.1 Å². The Morgan fingerprint density at radius 3 is 2.90 bits per heavy atom. The monoisotopic (exact) mass is 286 g/mol. The highest BCUT2D eigenvalue weighted by molar-refractivity contribution is 5.77. The molecule has 1 aromatic heterocycles. The summed E-state index contributed by atoms with van der Waals surface area (Å²) in [5.74, 6) is 3.17. The summed E-state index contributed by atoms with van der Waals surface area (Å²) in [4.78, 5) is 22.8. The van der Waals surface area contributed by atoms with E-state index in [-0.39, 0.29) is 0 Å². The van der Waals surface area contributed by atoms with Crippen molar-refractivity contribution in [3.05, 3.63) is 18.6 Å². The van der Waals surface area contributed by atoms with Crippen molar-refractivity contribution in [1.82, 2.24) is 14.9 Å². The number of nitrogens with one attached hydrogen (secondary N) is 1. The molecule has 4 rings (SSSR count). The van der Waals surface area contributed by atoms with Gasteiger partial charge in [-0.05, 0) is 37.5 Å². The molecule has 3 atom stereocenters. The molecule has 0 spiro atoms. The Morgan fingerprint density at radius 1 is 1.24 bits per heavy atom. The molecule has 112 valence electrons. The first-order valence-corrected chi connectivity index (χ1v) is 8.10. The first kappa shape index (κ1) is 13.0. The van der Waals surface area contributed by atoms with Crippen LogP contribution in [0.4, 0.5) is 5.82 Å². The predicted molar refractivity (Wildman–Crippen MR) is 79.6 cm³/mol. The highest BCUT2D eigenvalue weighted by Crippen LogP contribution is 2.40. The summed E-state index contributed by atoms with van der Waals surface area (Å²) in [6.07, 6.45) is 10.9. The summed E-state index contributed by atoms with van der Waals surface area (Å²) in [6.45, 7) is 1.89. The fraction of sp³-hybridized carbons (Fsp3) is 0.688. The lowest BCUT2D eigenvalue weighted by molar-refractivity contribution is -0.130. The van der Waals surface area contributed by atoms with Crippen molar-refractivity contribution >= 4 is 11.7 Å². The number of fused-ring (bicyclic) bond motifs is 1. The van der Waals surface area contributed by atoms with Gasteiger partial charge in [0.05, 0.1) is 6.20 Å². The van der Waals surface area contributed by atoms with E-state index in [1.54, 1.807) is 18.6 Å². The molecule has 3 fully saturated rings. The van der Waals surface area contributed by atoms with Gasteiger partial charge in [0.2, 0.25) is 5.91 Å². The van der Waals surface area contributed by atoms with Crippen LogP contribution in [0.3, 0.4) is 0 Å². The van der Waals surface area contributed by atoms with E-state index in [0.717, 1.165) is 25.3 Å². The maximum atomic E-state index is 12.3. The van der Waals surface area contributed by atoms with Gasteiger partial charge in [-0.2, -0.15) is 0 Å². The number of hydrogen-bond donors (Lipinski definition) is 1. The van der Waals surface area contributed by atoms with Crippen LogP contribution >= 0.6 is 0 Å². The molecule has 1 N–H and O–H groups in total. The van der Waals surface area contributed by atoms with Crippen molar-refractivity contribution in [3.8, 4) is 0 Å². The van der Waals surface area contributed by atoms with Gasteiger partial charge in [-0.25, -0.2) is 4.98 Å². The maximum Gasteiger partial charge on any atom is 0.222 e. The first-order valence-electron chi connectivity index (χ1n) is 8.10. The van der Waals surface area contributed by atoms with Crippen molar-refractivity contribution in [2.24, 2.45) is 17.8 Å². The highest BCUT2D eigenvalue weighted by Gasteiger charge is 2.44. The fourth-order valence-corrected chi connectivity index (χ4v) is 3.91. The molecule has 1 amide bonds. The number of likely N-dealkylation sites (tertiary alicyclic amines) is 1. The average Bonchev–Trinajstić information content (AvgIpc) is 3.08. The van der Waals surface area contributed by atoms with Crippen LogP contribution in [0.2, 0.25) is 0 Å². The zero-order valence-electron chi connectivity index (χ0n) is 12.2. The maximum absolute atomic E-state index is 12.3. The minimum Gasteiger partial charge on any atom is -0.366 e. The third-order valence-corrected chi connectivity index (χ3v) is 5.27. The molecule has 2 heterocycles. The van der Waals surface area contributed by atoms with Crippen molar-refractivity contribution < 1.29 is 4.79 Å². The lowest BCUT2D eigenvalue weighted by atomic mass is 9.98. The van der Waals surface area contributed by atoms with Gasteiger partial charge in [-0.3, -0.25) is 9.78 Å². The molecule has 1 aliphatic heterocycles. The first-order chi connectivity index (χ1) is 10.3. The number of carbonyl (C=O) groups is 1. The molecule has 2 aliphatic carbocycles. The summed E-state index contributed by atoms with van der Waals surface area (Å²) in [5, 5.41) is 3.51. The number of rotatable bonds is 4. The zero-order valence-corrected chi connectivity index (χ0v) is 12.2. The molecule has 0 radical (unpaired) electrons. The second-order valence-corrected chi connectivity index (χ2v) is 6.79. The quantitative estimate of drug-likeness (QED) is 0.919. The van der Waals surface area contributed by atoms with Gasteiger partial charge in [0.15, 0.2) is 0 Å². The molecule has 0 unspecified atom stereocenters. The molecule has 2 saturated carbocycles.